The third kappa shape index (κ3) is 5.59. The summed E-state index contributed by atoms with van der Waals surface area (Å²) in [6.45, 7) is 2.11. The van der Waals surface area contributed by atoms with Crippen molar-refractivity contribution >= 4 is 21.8 Å². The maximum atomic E-state index is 12.4. The quantitative estimate of drug-likeness (QED) is 0.676. The van der Waals surface area contributed by atoms with Crippen LogP contribution in [-0.4, -0.2) is 25.7 Å². The molecule has 0 aromatic heterocycles. The van der Waals surface area contributed by atoms with Crippen molar-refractivity contribution < 1.29 is 9.53 Å². The number of nitrogens with two attached hydrogens (primary N) is 1. The van der Waals surface area contributed by atoms with Gasteiger partial charge in [0.2, 0.25) is 5.91 Å². The van der Waals surface area contributed by atoms with Crippen LogP contribution in [-0.2, 0) is 15.1 Å². The van der Waals surface area contributed by atoms with E-state index in [1.165, 1.54) is 5.56 Å². The second-order valence-corrected chi connectivity index (χ2v) is 7.12. The standard InChI is InChI=1S/C18H27BrN2O2/c19-16-8-6-15(7-9-16)18(10-13-23-14-11-18)21-17(22)5-3-1-2-4-12-20/h6-9H,1-5,10-14,20H2,(H,21,22). The number of nitrogens with one attached hydrogen (secondary N) is 1. The molecule has 128 valence electrons. The molecule has 0 spiro atoms. The first-order chi connectivity index (χ1) is 11.2. The minimum Gasteiger partial charge on any atom is -0.381 e. The lowest BCUT2D eigenvalue weighted by atomic mass is 9.82. The Morgan fingerprint density at radius 1 is 1.13 bits per heavy atom. The molecule has 4 nitrogen and oxygen atoms in total. The van der Waals surface area contributed by atoms with Gasteiger partial charge < -0.3 is 15.8 Å². The van der Waals surface area contributed by atoms with Gasteiger partial charge in [-0.2, -0.15) is 0 Å². The van der Waals surface area contributed by atoms with Crippen molar-refractivity contribution in [2.75, 3.05) is 19.8 Å². The van der Waals surface area contributed by atoms with Gasteiger partial charge in [0.1, 0.15) is 0 Å². The average Bonchev–Trinajstić information content (AvgIpc) is 2.56. The summed E-state index contributed by atoms with van der Waals surface area (Å²) >= 11 is 3.47. The Hall–Kier alpha value is -0.910. The van der Waals surface area contributed by atoms with Gasteiger partial charge in [-0.15, -0.1) is 0 Å². The SMILES string of the molecule is NCCCCCCC(=O)NC1(c2ccc(Br)cc2)CCOCC1. The van der Waals surface area contributed by atoms with Gasteiger partial charge in [0.05, 0.1) is 5.54 Å². The number of carbonyl (C=O) groups is 1. The largest absolute Gasteiger partial charge is 0.381 e. The first-order valence-corrected chi connectivity index (χ1v) is 9.30. The molecular weight excluding hydrogens is 356 g/mol. The van der Waals surface area contributed by atoms with E-state index in [1.807, 2.05) is 12.1 Å². The Morgan fingerprint density at radius 2 is 1.78 bits per heavy atom. The molecule has 1 aromatic rings. The van der Waals surface area contributed by atoms with Gasteiger partial charge in [0.25, 0.3) is 0 Å². The number of halogens is 1. The number of unbranched alkanes of at least 4 members (excludes halogenated alkanes) is 3. The molecule has 1 heterocycles. The summed E-state index contributed by atoms with van der Waals surface area (Å²) in [5, 5.41) is 3.30. The van der Waals surface area contributed by atoms with Crippen molar-refractivity contribution in [1.82, 2.24) is 5.32 Å². The average molecular weight is 383 g/mol. The molecule has 0 saturated carbocycles. The van der Waals surface area contributed by atoms with Gasteiger partial charge in [-0.1, -0.05) is 40.9 Å². The lowest BCUT2D eigenvalue weighted by Crippen LogP contribution is -2.49. The summed E-state index contributed by atoms with van der Waals surface area (Å²) < 4.78 is 6.56. The zero-order valence-electron chi connectivity index (χ0n) is 13.7. The summed E-state index contributed by atoms with van der Waals surface area (Å²) in [5.41, 5.74) is 6.37. The summed E-state index contributed by atoms with van der Waals surface area (Å²) in [4.78, 5) is 12.4. The Bertz CT molecular complexity index is 484. The second kappa shape index (κ2) is 9.40. The maximum Gasteiger partial charge on any atom is 0.220 e. The van der Waals surface area contributed by atoms with E-state index in [0.29, 0.717) is 19.6 Å². The van der Waals surface area contributed by atoms with Gasteiger partial charge >= 0.3 is 0 Å². The van der Waals surface area contributed by atoms with E-state index in [-0.39, 0.29) is 11.4 Å². The van der Waals surface area contributed by atoms with Crippen molar-refractivity contribution in [2.24, 2.45) is 5.73 Å². The second-order valence-electron chi connectivity index (χ2n) is 6.20. The third-order valence-electron chi connectivity index (χ3n) is 4.48. The van der Waals surface area contributed by atoms with Crippen LogP contribution in [0.4, 0.5) is 0 Å². The van der Waals surface area contributed by atoms with Gasteiger partial charge in [-0.3, -0.25) is 4.79 Å². The van der Waals surface area contributed by atoms with E-state index < -0.39 is 0 Å². The van der Waals surface area contributed by atoms with Crippen molar-refractivity contribution in [3.8, 4) is 0 Å². The molecule has 23 heavy (non-hydrogen) atoms. The summed E-state index contributed by atoms with van der Waals surface area (Å²) in [7, 11) is 0. The summed E-state index contributed by atoms with van der Waals surface area (Å²) in [6, 6.07) is 8.25. The van der Waals surface area contributed by atoms with Crippen molar-refractivity contribution in [3.63, 3.8) is 0 Å². The highest BCUT2D eigenvalue weighted by atomic mass is 79.9. The Balaban J connectivity index is 1.95. The van der Waals surface area contributed by atoms with Crippen LogP contribution in [0, 0.1) is 0 Å². The van der Waals surface area contributed by atoms with Crippen LogP contribution in [0.3, 0.4) is 0 Å². The number of amides is 1. The first kappa shape index (κ1) is 18.4. The molecule has 1 aliphatic rings. The van der Waals surface area contributed by atoms with Gasteiger partial charge in [0.15, 0.2) is 0 Å². The van der Waals surface area contributed by atoms with Crippen molar-refractivity contribution in [3.05, 3.63) is 34.3 Å². The normalized spacial score (nSPS) is 17.0. The Morgan fingerprint density at radius 3 is 2.43 bits per heavy atom. The van der Waals surface area contributed by atoms with E-state index >= 15 is 0 Å². The molecule has 0 unspecified atom stereocenters. The number of hydrogen-bond acceptors (Lipinski definition) is 3. The minimum atomic E-state index is -0.284. The molecule has 0 radical (unpaired) electrons. The van der Waals surface area contributed by atoms with Crippen LogP contribution < -0.4 is 11.1 Å². The Kier molecular flexibility index (Phi) is 7.53. The molecule has 5 heteroatoms. The molecule has 3 N–H and O–H groups in total. The van der Waals surface area contributed by atoms with Crippen molar-refractivity contribution in [1.29, 1.82) is 0 Å². The molecule has 1 aliphatic heterocycles. The molecule has 0 atom stereocenters. The fourth-order valence-electron chi connectivity index (χ4n) is 3.09. The van der Waals surface area contributed by atoms with Crippen LogP contribution in [0.15, 0.2) is 28.7 Å². The predicted molar refractivity (Wildman–Crippen MR) is 96.2 cm³/mol. The van der Waals surface area contributed by atoms with Gasteiger partial charge in [-0.25, -0.2) is 0 Å². The van der Waals surface area contributed by atoms with Crippen LogP contribution >= 0.6 is 15.9 Å². The highest BCUT2D eigenvalue weighted by Crippen LogP contribution is 2.33. The number of ether oxygens (including phenoxy) is 1. The molecule has 0 aliphatic carbocycles. The lowest BCUT2D eigenvalue weighted by molar-refractivity contribution is -0.124. The molecule has 1 amide bonds. The van der Waals surface area contributed by atoms with Crippen LogP contribution in [0.5, 0.6) is 0 Å². The highest BCUT2D eigenvalue weighted by molar-refractivity contribution is 9.10. The van der Waals surface area contributed by atoms with E-state index in [0.717, 1.165) is 49.5 Å². The number of rotatable bonds is 8. The van der Waals surface area contributed by atoms with Gasteiger partial charge in [0, 0.05) is 24.1 Å². The minimum absolute atomic E-state index is 0.141. The summed E-state index contributed by atoms with van der Waals surface area (Å²) in [5.74, 6) is 0.141. The van der Waals surface area contributed by atoms with Crippen molar-refractivity contribution in [2.45, 2.75) is 50.5 Å². The zero-order chi connectivity index (χ0) is 16.5. The van der Waals surface area contributed by atoms with E-state index in [2.05, 4.69) is 33.4 Å². The molecule has 1 saturated heterocycles. The van der Waals surface area contributed by atoms with E-state index in [1.54, 1.807) is 0 Å². The first-order valence-electron chi connectivity index (χ1n) is 8.51. The number of carbonyl (C=O) groups excluding carboxylic acids is 1. The van der Waals surface area contributed by atoms with Crippen LogP contribution in [0.2, 0.25) is 0 Å². The lowest BCUT2D eigenvalue weighted by Gasteiger charge is -2.38. The monoisotopic (exact) mass is 382 g/mol. The van der Waals surface area contributed by atoms with E-state index in [9.17, 15) is 4.79 Å². The maximum absolute atomic E-state index is 12.4. The predicted octanol–water partition coefficient (Wildman–Crippen LogP) is 3.48. The third-order valence-corrected chi connectivity index (χ3v) is 5.01. The fourth-order valence-corrected chi connectivity index (χ4v) is 3.35. The Labute approximate surface area is 147 Å². The van der Waals surface area contributed by atoms with E-state index in [4.69, 9.17) is 10.5 Å². The van der Waals surface area contributed by atoms with Crippen LogP contribution in [0.25, 0.3) is 0 Å². The topological polar surface area (TPSA) is 64.4 Å². The summed E-state index contributed by atoms with van der Waals surface area (Å²) in [6.07, 6.45) is 6.39. The fraction of sp³-hybridized carbons (Fsp3) is 0.611. The highest BCUT2D eigenvalue weighted by Gasteiger charge is 2.35. The number of benzene rings is 1. The number of hydrogen-bond donors (Lipinski definition) is 2. The molecule has 0 bridgehead atoms. The molecular formula is C18H27BrN2O2. The smallest absolute Gasteiger partial charge is 0.220 e. The van der Waals surface area contributed by atoms with Crippen LogP contribution in [0.1, 0.15) is 50.5 Å². The molecule has 1 fully saturated rings. The van der Waals surface area contributed by atoms with Gasteiger partial charge in [-0.05, 0) is 49.9 Å². The zero-order valence-corrected chi connectivity index (χ0v) is 15.2. The molecule has 2 rings (SSSR count). The molecule has 1 aromatic carbocycles.